The van der Waals surface area contributed by atoms with Crippen LogP contribution < -0.4 is 0 Å². The van der Waals surface area contributed by atoms with Crippen molar-refractivity contribution in [1.29, 1.82) is 0 Å². The molecule has 0 saturated carbocycles. The van der Waals surface area contributed by atoms with E-state index in [4.69, 9.17) is 4.74 Å². The summed E-state index contributed by atoms with van der Waals surface area (Å²) in [6, 6.07) is -0.586. The van der Waals surface area contributed by atoms with Gasteiger partial charge in [-0.15, -0.1) is 0 Å². The maximum atomic E-state index is 13.0. The fourth-order valence-electron chi connectivity index (χ4n) is 2.97. The Bertz CT molecular complexity index is 646. The highest BCUT2D eigenvalue weighted by molar-refractivity contribution is 6.06. The Morgan fingerprint density at radius 2 is 1.75 bits per heavy atom. The third-order valence-electron chi connectivity index (χ3n) is 4.45. The van der Waals surface area contributed by atoms with Crippen LogP contribution in [0.4, 0.5) is 0 Å². The molecule has 0 N–H and O–H groups in total. The van der Waals surface area contributed by atoms with E-state index in [2.05, 4.69) is 0 Å². The fourth-order valence-corrected chi connectivity index (χ4v) is 2.97. The minimum Gasteiger partial charge on any atom is -0.461 e. The number of ether oxygens (including phenoxy) is 1. The molecule has 0 radical (unpaired) electrons. The topological polar surface area (TPSA) is 68.6 Å². The van der Waals surface area contributed by atoms with Crippen molar-refractivity contribution in [2.45, 2.75) is 60.5 Å². The highest BCUT2D eigenvalue weighted by atomic mass is 16.5. The van der Waals surface area contributed by atoms with Crippen molar-refractivity contribution in [2.24, 2.45) is 0 Å². The van der Waals surface area contributed by atoms with E-state index in [-0.39, 0.29) is 18.3 Å². The molecule has 0 saturated heterocycles. The average molecular weight is 336 g/mol. The van der Waals surface area contributed by atoms with Gasteiger partial charge in [0.15, 0.2) is 5.78 Å². The van der Waals surface area contributed by atoms with Gasteiger partial charge in [0.05, 0.1) is 12.6 Å². The summed E-state index contributed by atoms with van der Waals surface area (Å²) < 4.78 is 6.93. The van der Waals surface area contributed by atoms with E-state index >= 15 is 0 Å². The van der Waals surface area contributed by atoms with E-state index in [1.54, 1.807) is 39.3 Å². The monoisotopic (exact) mass is 336 g/mol. The molecular formula is C18H28N2O4. The zero-order chi connectivity index (χ0) is 18.6. The number of Topliss-reactive ketones (excluding diaryl/α,β-unsaturated/α-hetero) is 1. The van der Waals surface area contributed by atoms with Crippen molar-refractivity contribution in [3.63, 3.8) is 0 Å². The number of rotatable bonds is 7. The van der Waals surface area contributed by atoms with E-state index in [9.17, 15) is 14.4 Å². The van der Waals surface area contributed by atoms with Crippen molar-refractivity contribution in [2.75, 3.05) is 13.7 Å². The van der Waals surface area contributed by atoms with Gasteiger partial charge in [-0.05, 0) is 40.2 Å². The summed E-state index contributed by atoms with van der Waals surface area (Å²) in [5, 5.41) is 0. The van der Waals surface area contributed by atoms with Gasteiger partial charge in [0.1, 0.15) is 5.69 Å². The first-order valence-corrected chi connectivity index (χ1v) is 8.39. The van der Waals surface area contributed by atoms with Gasteiger partial charge >= 0.3 is 5.97 Å². The van der Waals surface area contributed by atoms with Gasteiger partial charge in [-0.3, -0.25) is 9.59 Å². The number of likely N-dealkylation sites (N-methyl/N-ethyl adjacent to an activating group) is 1. The highest BCUT2D eigenvalue weighted by Gasteiger charge is 2.31. The van der Waals surface area contributed by atoms with Crippen LogP contribution in [0.1, 0.15) is 66.2 Å². The Morgan fingerprint density at radius 3 is 2.21 bits per heavy atom. The van der Waals surface area contributed by atoms with Crippen LogP contribution in [0.25, 0.3) is 0 Å². The van der Waals surface area contributed by atoms with Gasteiger partial charge in [0, 0.05) is 31.3 Å². The molecule has 1 heterocycles. The lowest BCUT2D eigenvalue weighted by atomic mass is 10.00. The number of aromatic nitrogens is 1. The van der Waals surface area contributed by atoms with Crippen molar-refractivity contribution in [3.05, 3.63) is 22.5 Å². The summed E-state index contributed by atoms with van der Waals surface area (Å²) in [6.07, 6.45) is 0.343. The van der Waals surface area contributed by atoms with Crippen LogP contribution in [-0.2, 0) is 16.1 Å². The minimum atomic E-state index is -0.586. The zero-order valence-electron chi connectivity index (χ0n) is 15.7. The molecule has 6 nitrogen and oxygen atoms in total. The fraction of sp³-hybridized carbons (Fsp3) is 0.611. The summed E-state index contributed by atoms with van der Waals surface area (Å²) >= 11 is 0. The Kier molecular flexibility index (Phi) is 6.75. The molecule has 0 aliphatic rings. The van der Waals surface area contributed by atoms with Gasteiger partial charge in [0.2, 0.25) is 5.91 Å². The van der Waals surface area contributed by atoms with Crippen LogP contribution in [-0.4, -0.2) is 46.8 Å². The summed E-state index contributed by atoms with van der Waals surface area (Å²) in [7, 11) is 1.63. The van der Waals surface area contributed by atoms with Gasteiger partial charge in [0.25, 0.3) is 0 Å². The Morgan fingerprint density at radius 1 is 1.17 bits per heavy atom. The van der Waals surface area contributed by atoms with Crippen LogP contribution >= 0.6 is 0 Å². The SMILES string of the molecule is CCOC(=O)c1c(C)c(C(=O)C(C)N(C)C(=O)CC)c(C)n1CC. The molecule has 1 aromatic rings. The average Bonchev–Trinajstić information content (AvgIpc) is 2.82. The summed E-state index contributed by atoms with van der Waals surface area (Å²) in [4.78, 5) is 38.6. The second-order valence-electron chi connectivity index (χ2n) is 5.80. The zero-order valence-corrected chi connectivity index (χ0v) is 15.7. The van der Waals surface area contributed by atoms with E-state index in [0.29, 0.717) is 29.8 Å². The van der Waals surface area contributed by atoms with Crippen LogP contribution in [0.15, 0.2) is 0 Å². The molecule has 1 amide bonds. The summed E-state index contributed by atoms with van der Waals surface area (Å²) in [6.45, 7) is 11.6. The summed E-state index contributed by atoms with van der Waals surface area (Å²) in [5.74, 6) is -0.677. The normalized spacial score (nSPS) is 12.0. The second kappa shape index (κ2) is 8.13. The lowest BCUT2D eigenvalue weighted by molar-refractivity contribution is -0.130. The number of carbonyl (C=O) groups is 3. The predicted octanol–water partition coefficient (Wildman–Crippen LogP) is 2.74. The number of hydrogen-bond acceptors (Lipinski definition) is 4. The van der Waals surface area contributed by atoms with Crippen LogP contribution in [0, 0.1) is 13.8 Å². The number of esters is 1. The van der Waals surface area contributed by atoms with Gasteiger partial charge in [-0.25, -0.2) is 4.79 Å². The molecule has 0 fully saturated rings. The predicted molar refractivity (Wildman–Crippen MR) is 92.4 cm³/mol. The summed E-state index contributed by atoms with van der Waals surface area (Å²) in [5.41, 5.74) is 2.26. The van der Waals surface area contributed by atoms with E-state index in [0.717, 1.165) is 5.69 Å². The van der Waals surface area contributed by atoms with Gasteiger partial charge in [-0.1, -0.05) is 6.92 Å². The molecule has 1 rings (SSSR count). The number of nitrogens with zero attached hydrogens (tertiary/aromatic N) is 2. The molecule has 0 spiro atoms. The standard InChI is InChI=1S/C18H28N2O4/c1-8-14(21)19(7)13(6)17(22)15-11(4)16(18(23)24-10-3)20(9-2)12(15)5/h13H,8-10H2,1-7H3. The van der Waals surface area contributed by atoms with E-state index in [1.165, 1.54) is 4.90 Å². The molecule has 0 aliphatic carbocycles. The number of ketones is 1. The quantitative estimate of drug-likeness (QED) is 0.567. The van der Waals surface area contributed by atoms with Gasteiger partial charge < -0.3 is 14.2 Å². The van der Waals surface area contributed by atoms with Gasteiger partial charge in [-0.2, -0.15) is 0 Å². The highest BCUT2D eigenvalue weighted by Crippen LogP contribution is 2.25. The number of amides is 1. The first kappa shape index (κ1) is 19.9. The van der Waals surface area contributed by atoms with Crippen LogP contribution in [0.5, 0.6) is 0 Å². The van der Waals surface area contributed by atoms with Crippen molar-refractivity contribution in [3.8, 4) is 0 Å². The molecule has 0 aromatic carbocycles. The van der Waals surface area contributed by atoms with Crippen LogP contribution in [0.2, 0.25) is 0 Å². The third kappa shape index (κ3) is 3.52. The molecule has 1 unspecified atom stereocenters. The molecule has 0 aliphatic heterocycles. The first-order chi connectivity index (χ1) is 11.2. The largest absolute Gasteiger partial charge is 0.461 e. The first-order valence-electron chi connectivity index (χ1n) is 8.39. The molecule has 134 valence electrons. The molecule has 6 heteroatoms. The molecule has 1 aromatic heterocycles. The van der Waals surface area contributed by atoms with Crippen molar-refractivity contribution < 1.29 is 19.1 Å². The van der Waals surface area contributed by atoms with E-state index in [1.807, 2.05) is 13.8 Å². The molecule has 0 bridgehead atoms. The molecule has 1 atom stereocenters. The maximum Gasteiger partial charge on any atom is 0.355 e. The lowest BCUT2D eigenvalue weighted by Crippen LogP contribution is -2.40. The number of carbonyl (C=O) groups excluding carboxylic acids is 3. The molecule has 24 heavy (non-hydrogen) atoms. The van der Waals surface area contributed by atoms with E-state index < -0.39 is 12.0 Å². The van der Waals surface area contributed by atoms with Crippen LogP contribution in [0.3, 0.4) is 0 Å². The Labute approximate surface area is 143 Å². The maximum absolute atomic E-state index is 13.0. The van der Waals surface area contributed by atoms with Crippen molar-refractivity contribution in [1.82, 2.24) is 9.47 Å². The minimum absolute atomic E-state index is 0.0910. The van der Waals surface area contributed by atoms with Crippen molar-refractivity contribution >= 4 is 17.7 Å². The number of hydrogen-bond donors (Lipinski definition) is 0. The smallest absolute Gasteiger partial charge is 0.355 e. The third-order valence-corrected chi connectivity index (χ3v) is 4.45. The Hall–Kier alpha value is -2.11. The second-order valence-corrected chi connectivity index (χ2v) is 5.80. The Balaban J connectivity index is 3.37. The lowest BCUT2D eigenvalue weighted by Gasteiger charge is -2.23. The molecular weight excluding hydrogens is 308 g/mol.